The van der Waals surface area contributed by atoms with Crippen molar-refractivity contribution < 1.29 is 18.3 Å². The molecule has 0 amide bonds. The van der Waals surface area contributed by atoms with Crippen LogP contribution in [-0.4, -0.2) is 18.9 Å². The van der Waals surface area contributed by atoms with E-state index < -0.39 is 23.8 Å². The van der Waals surface area contributed by atoms with Crippen molar-refractivity contribution in [1.29, 1.82) is 0 Å². The summed E-state index contributed by atoms with van der Waals surface area (Å²) in [5, 5.41) is 7.37. The summed E-state index contributed by atoms with van der Waals surface area (Å²) < 4.78 is 32.7. The smallest absolute Gasteiger partial charge is 0.337 e. The summed E-state index contributed by atoms with van der Waals surface area (Å²) >= 11 is 13.4. The minimum absolute atomic E-state index is 0.375. The number of methoxy groups -OCH3 is 1. The van der Waals surface area contributed by atoms with Crippen LogP contribution in [0, 0.1) is 18.6 Å². The molecule has 0 aromatic heterocycles. The molecule has 0 spiro atoms. The summed E-state index contributed by atoms with van der Waals surface area (Å²) in [6, 6.07) is 22.3. The number of nitrogens with zero attached hydrogens (tertiary/aromatic N) is 3. The van der Waals surface area contributed by atoms with Crippen LogP contribution in [0.3, 0.4) is 0 Å². The molecule has 0 saturated heterocycles. The van der Waals surface area contributed by atoms with Crippen LogP contribution in [0.15, 0.2) is 90.0 Å². The second-order valence-corrected chi connectivity index (χ2v) is 9.50. The Balaban J connectivity index is 1.74. The van der Waals surface area contributed by atoms with Gasteiger partial charge in [0.15, 0.2) is 12.0 Å². The summed E-state index contributed by atoms with van der Waals surface area (Å²) in [5.41, 5.74) is 3.68. The molecule has 1 aliphatic rings. The molecule has 4 aromatic carbocycles. The van der Waals surface area contributed by atoms with Gasteiger partial charge in [-0.3, -0.25) is 4.90 Å². The maximum atomic E-state index is 13.9. The first kappa shape index (κ1) is 25.7. The number of carbonyl (C=O) groups is 1. The normalized spacial score (nSPS) is 15.0. The minimum Gasteiger partial charge on any atom is -0.465 e. The number of carbonyl (C=O) groups excluding carboxylic acids is 1. The SMILES string of the molecule is COC(=O)c1ccc(C2=NN(c3c(Cl)cc(C)cc3Cl)C(c3ccc(F)cc3)N2c2ccc(F)cc2)cc1. The Morgan fingerprint density at radius 2 is 1.42 bits per heavy atom. The summed E-state index contributed by atoms with van der Waals surface area (Å²) in [4.78, 5) is 13.9. The molecule has 0 bridgehead atoms. The van der Waals surface area contributed by atoms with Gasteiger partial charge in [0.05, 0.1) is 28.4 Å². The second kappa shape index (κ2) is 10.4. The number of hydrazone groups is 1. The van der Waals surface area contributed by atoms with Crippen molar-refractivity contribution in [2.24, 2.45) is 5.10 Å². The van der Waals surface area contributed by atoms with E-state index in [4.69, 9.17) is 33.0 Å². The Kier molecular flexibility index (Phi) is 7.06. The van der Waals surface area contributed by atoms with Crippen molar-refractivity contribution in [2.75, 3.05) is 17.0 Å². The van der Waals surface area contributed by atoms with E-state index in [0.717, 1.165) is 5.56 Å². The zero-order valence-corrected chi connectivity index (χ0v) is 21.8. The lowest BCUT2D eigenvalue weighted by Crippen LogP contribution is -2.36. The highest BCUT2D eigenvalue weighted by molar-refractivity contribution is 6.39. The topological polar surface area (TPSA) is 45.1 Å². The average molecular weight is 552 g/mol. The average Bonchev–Trinajstić information content (AvgIpc) is 3.28. The molecule has 0 saturated carbocycles. The highest BCUT2D eigenvalue weighted by atomic mass is 35.5. The Morgan fingerprint density at radius 3 is 1.97 bits per heavy atom. The van der Waals surface area contributed by atoms with Crippen LogP contribution in [0.25, 0.3) is 0 Å². The summed E-state index contributed by atoms with van der Waals surface area (Å²) in [6.45, 7) is 1.88. The van der Waals surface area contributed by atoms with Gasteiger partial charge in [0.1, 0.15) is 11.6 Å². The molecule has 1 unspecified atom stereocenters. The van der Waals surface area contributed by atoms with Crippen molar-refractivity contribution in [3.63, 3.8) is 0 Å². The molecule has 5 nitrogen and oxygen atoms in total. The van der Waals surface area contributed by atoms with E-state index in [0.29, 0.717) is 43.9 Å². The number of rotatable bonds is 5. The lowest BCUT2D eigenvalue weighted by Gasteiger charge is -2.33. The standard InChI is InChI=1S/C29H21Cl2F2N3O2/c1-17-15-24(30)26(25(31)16-17)36-28(19-7-9-21(32)10-8-19)35(23-13-11-22(33)12-14-23)27(34-36)18-3-5-20(6-4-18)29(37)38-2/h3-16,28H,1-2H3. The molecule has 0 N–H and O–H groups in total. The highest BCUT2D eigenvalue weighted by Gasteiger charge is 2.39. The van der Waals surface area contributed by atoms with Crippen molar-refractivity contribution in [3.8, 4) is 0 Å². The van der Waals surface area contributed by atoms with Gasteiger partial charge < -0.3 is 4.74 Å². The molecule has 9 heteroatoms. The number of hydrogen-bond donors (Lipinski definition) is 0. The van der Waals surface area contributed by atoms with Gasteiger partial charge in [0.2, 0.25) is 0 Å². The summed E-state index contributed by atoms with van der Waals surface area (Å²) in [6.07, 6.45) is -0.658. The van der Waals surface area contributed by atoms with E-state index in [1.165, 1.54) is 31.4 Å². The Morgan fingerprint density at radius 1 is 0.868 bits per heavy atom. The van der Waals surface area contributed by atoms with Crippen LogP contribution < -0.4 is 9.91 Å². The molecule has 38 heavy (non-hydrogen) atoms. The van der Waals surface area contributed by atoms with E-state index in [1.54, 1.807) is 65.7 Å². The van der Waals surface area contributed by atoms with Crippen LogP contribution in [0.2, 0.25) is 10.0 Å². The maximum absolute atomic E-state index is 13.9. The molecule has 192 valence electrons. The second-order valence-electron chi connectivity index (χ2n) is 8.69. The zero-order valence-electron chi connectivity index (χ0n) is 20.3. The van der Waals surface area contributed by atoms with Crippen LogP contribution in [0.5, 0.6) is 0 Å². The lowest BCUT2D eigenvalue weighted by atomic mass is 10.1. The van der Waals surface area contributed by atoms with Gasteiger partial charge in [-0.1, -0.05) is 47.5 Å². The number of benzene rings is 4. The van der Waals surface area contributed by atoms with Gasteiger partial charge in [0, 0.05) is 11.3 Å². The summed E-state index contributed by atoms with van der Waals surface area (Å²) in [5.74, 6) is -0.773. The minimum atomic E-state index is -0.658. The Bertz CT molecular complexity index is 1500. The fraction of sp³-hybridized carbons (Fsp3) is 0.103. The largest absolute Gasteiger partial charge is 0.465 e. The fourth-order valence-electron chi connectivity index (χ4n) is 4.37. The van der Waals surface area contributed by atoms with Crippen LogP contribution >= 0.6 is 23.2 Å². The molecule has 0 aliphatic carbocycles. The number of aryl methyl sites for hydroxylation is 1. The predicted octanol–water partition coefficient (Wildman–Crippen LogP) is 7.75. The first-order valence-electron chi connectivity index (χ1n) is 11.6. The molecule has 1 aliphatic heterocycles. The molecule has 1 heterocycles. The third kappa shape index (κ3) is 4.83. The van der Waals surface area contributed by atoms with Gasteiger partial charge in [-0.05, 0) is 78.7 Å². The number of esters is 1. The first-order chi connectivity index (χ1) is 18.3. The lowest BCUT2D eigenvalue weighted by molar-refractivity contribution is 0.0600. The first-order valence-corrected chi connectivity index (χ1v) is 12.3. The van der Waals surface area contributed by atoms with Gasteiger partial charge in [-0.2, -0.15) is 5.10 Å². The van der Waals surface area contributed by atoms with Crippen molar-refractivity contribution in [2.45, 2.75) is 13.1 Å². The summed E-state index contributed by atoms with van der Waals surface area (Å²) in [7, 11) is 1.31. The van der Waals surface area contributed by atoms with Gasteiger partial charge in [-0.25, -0.2) is 18.6 Å². The molecule has 0 fully saturated rings. The van der Waals surface area contributed by atoms with Crippen LogP contribution in [-0.2, 0) is 4.74 Å². The monoisotopic (exact) mass is 551 g/mol. The molecular weight excluding hydrogens is 531 g/mol. The number of ether oxygens (including phenoxy) is 1. The molecule has 0 radical (unpaired) electrons. The van der Waals surface area contributed by atoms with Gasteiger partial charge in [0.25, 0.3) is 0 Å². The maximum Gasteiger partial charge on any atom is 0.337 e. The third-order valence-corrected chi connectivity index (χ3v) is 6.71. The van der Waals surface area contributed by atoms with Crippen molar-refractivity contribution >= 4 is 46.4 Å². The third-order valence-electron chi connectivity index (χ3n) is 6.13. The van der Waals surface area contributed by atoms with E-state index in [1.807, 2.05) is 11.8 Å². The zero-order chi connectivity index (χ0) is 27.0. The predicted molar refractivity (Wildman–Crippen MR) is 146 cm³/mol. The number of anilines is 2. The Labute approximate surface area is 228 Å². The Hall–Kier alpha value is -3.94. The van der Waals surface area contributed by atoms with E-state index in [-0.39, 0.29) is 0 Å². The van der Waals surface area contributed by atoms with Crippen LogP contribution in [0.4, 0.5) is 20.2 Å². The highest BCUT2D eigenvalue weighted by Crippen LogP contribution is 2.45. The number of halogens is 4. The molecule has 4 aromatic rings. The van der Waals surface area contributed by atoms with Gasteiger partial charge >= 0.3 is 5.97 Å². The molecule has 1 atom stereocenters. The van der Waals surface area contributed by atoms with Crippen molar-refractivity contribution in [1.82, 2.24) is 0 Å². The number of amidine groups is 1. The van der Waals surface area contributed by atoms with E-state index >= 15 is 0 Å². The van der Waals surface area contributed by atoms with Gasteiger partial charge in [-0.15, -0.1) is 0 Å². The van der Waals surface area contributed by atoms with E-state index in [2.05, 4.69) is 0 Å². The fourth-order valence-corrected chi connectivity index (χ4v) is 5.14. The van der Waals surface area contributed by atoms with Crippen LogP contribution in [0.1, 0.15) is 33.2 Å². The van der Waals surface area contributed by atoms with E-state index in [9.17, 15) is 13.6 Å². The molecule has 5 rings (SSSR count). The number of hydrogen-bond acceptors (Lipinski definition) is 5. The quantitative estimate of drug-likeness (QED) is 0.238. The molecular formula is C29H21Cl2F2N3O2. The van der Waals surface area contributed by atoms with Crippen molar-refractivity contribution in [3.05, 3.63) is 129 Å².